The lowest BCUT2D eigenvalue weighted by Crippen LogP contribution is -2.37. The molecule has 0 bridgehead atoms. The molecule has 110 valence electrons. The molecule has 2 rings (SSSR count). The Morgan fingerprint density at radius 3 is 2.81 bits per heavy atom. The highest BCUT2D eigenvalue weighted by molar-refractivity contribution is 5.97. The Balaban J connectivity index is 1.84. The lowest BCUT2D eigenvalue weighted by atomic mass is 10.2. The first-order valence-corrected chi connectivity index (χ1v) is 6.53. The Labute approximate surface area is 122 Å². The van der Waals surface area contributed by atoms with Crippen molar-refractivity contribution in [3.8, 4) is 0 Å². The maximum atomic E-state index is 12.0. The molecule has 0 saturated carbocycles. The second-order valence-corrected chi connectivity index (χ2v) is 4.68. The smallest absolute Gasteiger partial charge is 0.255 e. The van der Waals surface area contributed by atoms with Gasteiger partial charge in [-0.05, 0) is 24.6 Å². The molecule has 0 spiro atoms. The fourth-order valence-electron chi connectivity index (χ4n) is 1.86. The maximum Gasteiger partial charge on any atom is 0.255 e. The van der Waals surface area contributed by atoms with Crippen LogP contribution in [-0.2, 0) is 11.3 Å². The van der Waals surface area contributed by atoms with E-state index in [1.807, 2.05) is 12.1 Å². The molecule has 0 aromatic carbocycles. The number of carbonyl (C=O) groups is 2. The standard InChI is InChI=1S/C15H17N3O3/c1-11-13(5-7-21-11)15(20)17-9-14(19)18(2)10-12-4-3-6-16-8-12/h3-8H,9-10H2,1-2H3,(H,17,20). The number of likely N-dealkylation sites (N-methyl/N-ethyl adjacent to an activating group) is 1. The molecule has 6 nitrogen and oxygen atoms in total. The van der Waals surface area contributed by atoms with Gasteiger partial charge in [0.1, 0.15) is 5.76 Å². The quantitative estimate of drug-likeness (QED) is 0.901. The molecule has 0 aliphatic carbocycles. The Morgan fingerprint density at radius 2 is 2.19 bits per heavy atom. The van der Waals surface area contributed by atoms with Gasteiger partial charge in [0.15, 0.2) is 0 Å². The van der Waals surface area contributed by atoms with Gasteiger partial charge in [0.05, 0.1) is 18.4 Å². The Morgan fingerprint density at radius 1 is 1.38 bits per heavy atom. The minimum absolute atomic E-state index is 0.0553. The summed E-state index contributed by atoms with van der Waals surface area (Å²) in [6.07, 6.45) is 4.83. The molecular weight excluding hydrogens is 270 g/mol. The molecule has 2 aromatic rings. The van der Waals surface area contributed by atoms with Crippen molar-refractivity contribution in [2.75, 3.05) is 13.6 Å². The number of aromatic nitrogens is 1. The van der Waals surface area contributed by atoms with Crippen LogP contribution in [0.4, 0.5) is 0 Å². The van der Waals surface area contributed by atoms with Gasteiger partial charge in [0.2, 0.25) is 5.91 Å². The lowest BCUT2D eigenvalue weighted by Gasteiger charge is -2.17. The summed E-state index contributed by atoms with van der Waals surface area (Å²) in [4.78, 5) is 29.4. The zero-order valence-corrected chi connectivity index (χ0v) is 12.0. The summed E-state index contributed by atoms with van der Waals surface area (Å²) in [6, 6.07) is 5.29. The summed E-state index contributed by atoms with van der Waals surface area (Å²) in [6.45, 7) is 2.10. The van der Waals surface area contributed by atoms with Gasteiger partial charge in [-0.3, -0.25) is 14.6 Å². The molecular formula is C15H17N3O3. The first-order chi connectivity index (χ1) is 10.1. The van der Waals surface area contributed by atoms with Crippen LogP contribution in [0.25, 0.3) is 0 Å². The molecule has 1 N–H and O–H groups in total. The van der Waals surface area contributed by atoms with Crippen molar-refractivity contribution in [1.29, 1.82) is 0 Å². The van der Waals surface area contributed by atoms with Gasteiger partial charge >= 0.3 is 0 Å². The molecule has 0 unspecified atom stereocenters. The zero-order chi connectivity index (χ0) is 15.2. The molecule has 6 heteroatoms. The van der Waals surface area contributed by atoms with Gasteiger partial charge in [-0.25, -0.2) is 0 Å². The average Bonchev–Trinajstić information content (AvgIpc) is 2.91. The van der Waals surface area contributed by atoms with E-state index in [0.29, 0.717) is 17.9 Å². The van der Waals surface area contributed by atoms with E-state index in [1.165, 1.54) is 6.26 Å². The molecule has 0 atom stereocenters. The van der Waals surface area contributed by atoms with Crippen molar-refractivity contribution in [3.63, 3.8) is 0 Å². The van der Waals surface area contributed by atoms with Crippen molar-refractivity contribution in [3.05, 3.63) is 53.7 Å². The highest BCUT2D eigenvalue weighted by atomic mass is 16.3. The van der Waals surface area contributed by atoms with E-state index in [9.17, 15) is 9.59 Å². The number of hydrogen-bond acceptors (Lipinski definition) is 4. The number of rotatable bonds is 5. The molecule has 0 aliphatic rings. The van der Waals surface area contributed by atoms with Gasteiger partial charge in [0.25, 0.3) is 5.91 Å². The number of pyridine rings is 1. The molecule has 2 heterocycles. The van der Waals surface area contributed by atoms with Crippen LogP contribution >= 0.6 is 0 Å². The van der Waals surface area contributed by atoms with E-state index >= 15 is 0 Å². The van der Waals surface area contributed by atoms with Crippen molar-refractivity contribution in [2.45, 2.75) is 13.5 Å². The van der Waals surface area contributed by atoms with E-state index in [-0.39, 0.29) is 18.4 Å². The van der Waals surface area contributed by atoms with E-state index in [4.69, 9.17) is 4.42 Å². The van der Waals surface area contributed by atoms with E-state index in [1.54, 1.807) is 37.3 Å². The van der Waals surface area contributed by atoms with Crippen LogP contribution in [0.2, 0.25) is 0 Å². The van der Waals surface area contributed by atoms with E-state index in [2.05, 4.69) is 10.3 Å². The molecule has 0 saturated heterocycles. The van der Waals surface area contributed by atoms with Gasteiger partial charge < -0.3 is 14.6 Å². The third kappa shape index (κ3) is 3.92. The first-order valence-electron chi connectivity index (χ1n) is 6.53. The molecule has 0 radical (unpaired) electrons. The number of aryl methyl sites for hydroxylation is 1. The Hall–Kier alpha value is -2.63. The number of hydrogen-bond donors (Lipinski definition) is 1. The van der Waals surface area contributed by atoms with Crippen LogP contribution in [0.15, 0.2) is 41.3 Å². The lowest BCUT2D eigenvalue weighted by molar-refractivity contribution is -0.129. The second kappa shape index (κ2) is 6.69. The third-order valence-corrected chi connectivity index (χ3v) is 3.07. The van der Waals surface area contributed by atoms with Gasteiger partial charge in [-0.1, -0.05) is 6.07 Å². The fourth-order valence-corrected chi connectivity index (χ4v) is 1.86. The normalized spacial score (nSPS) is 10.2. The van der Waals surface area contributed by atoms with Crippen LogP contribution < -0.4 is 5.32 Å². The summed E-state index contributed by atoms with van der Waals surface area (Å²) >= 11 is 0. The minimum Gasteiger partial charge on any atom is -0.469 e. The van der Waals surface area contributed by atoms with Crippen LogP contribution in [0.1, 0.15) is 21.7 Å². The molecule has 21 heavy (non-hydrogen) atoms. The van der Waals surface area contributed by atoms with Crippen LogP contribution in [-0.4, -0.2) is 35.3 Å². The van der Waals surface area contributed by atoms with Crippen LogP contribution in [0.3, 0.4) is 0 Å². The van der Waals surface area contributed by atoms with Crippen molar-refractivity contribution < 1.29 is 14.0 Å². The number of furan rings is 1. The summed E-state index contributed by atoms with van der Waals surface area (Å²) in [7, 11) is 1.69. The molecule has 2 aromatic heterocycles. The van der Waals surface area contributed by atoms with Gasteiger partial charge in [0, 0.05) is 26.0 Å². The Bertz CT molecular complexity index is 622. The largest absolute Gasteiger partial charge is 0.469 e. The summed E-state index contributed by atoms with van der Waals surface area (Å²) in [5, 5.41) is 2.59. The van der Waals surface area contributed by atoms with Crippen molar-refractivity contribution in [2.24, 2.45) is 0 Å². The topological polar surface area (TPSA) is 75.4 Å². The summed E-state index contributed by atoms with van der Waals surface area (Å²) < 4.78 is 5.06. The molecule has 2 amide bonds. The Kier molecular flexibility index (Phi) is 4.71. The van der Waals surface area contributed by atoms with Crippen LogP contribution in [0.5, 0.6) is 0 Å². The predicted octanol–water partition coefficient (Wildman–Crippen LogP) is 1.37. The molecule has 0 aliphatic heterocycles. The summed E-state index contributed by atoms with van der Waals surface area (Å²) in [5.74, 6) is 0.0430. The number of carbonyl (C=O) groups excluding carboxylic acids is 2. The predicted molar refractivity (Wildman–Crippen MR) is 76.5 cm³/mol. The fraction of sp³-hybridized carbons (Fsp3) is 0.267. The van der Waals surface area contributed by atoms with Crippen molar-refractivity contribution in [1.82, 2.24) is 15.2 Å². The highest BCUT2D eigenvalue weighted by Gasteiger charge is 2.14. The molecule has 0 fully saturated rings. The highest BCUT2D eigenvalue weighted by Crippen LogP contribution is 2.08. The number of amides is 2. The van der Waals surface area contributed by atoms with Crippen LogP contribution in [0, 0.1) is 6.92 Å². The third-order valence-electron chi connectivity index (χ3n) is 3.07. The van der Waals surface area contributed by atoms with E-state index < -0.39 is 0 Å². The summed E-state index contributed by atoms with van der Waals surface area (Å²) in [5.41, 5.74) is 1.38. The van der Waals surface area contributed by atoms with Crippen molar-refractivity contribution >= 4 is 11.8 Å². The number of nitrogens with zero attached hydrogens (tertiary/aromatic N) is 2. The first kappa shape index (κ1) is 14.8. The van der Waals surface area contributed by atoms with E-state index in [0.717, 1.165) is 5.56 Å². The van der Waals surface area contributed by atoms with Gasteiger partial charge in [-0.15, -0.1) is 0 Å². The SMILES string of the molecule is Cc1occc1C(=O)NCC(=O)N(C)Cc1cccnc1. The monoisotopic (exact) mass is 287 g/mol. The second-order valence-electron chi connectivity index (χ2n) is 4.68. The average molecular weight is 287 g/mol. The zero-order valence-electron chi connectivity index (χ0n) is 12.0. The minimum atomic E-state index is -0.315. The number of nitrogens with one attached hydrogen (secondary N) is 1. The maximum absolute atomic E-state index is 12.0. The van der Waals surface area contributed by atoms with Gasteiger partial charge in [-0.2, -0.15) is 0 Å².